The quantitative estimate of drug-likeness (QED) is 0.474. The predicted molar refractivity (Wildman–Crippen MR) is 134 cm³/mol. The summed E-state index contributed by atoms with van der Waals surface area (Å²) in [6.45, 7) is 4.18. The Morgan fingerprint density at radius 1 is 0.914 bits per heavy atom. The SMILES string of the molecule is CCOc1ccc(S(=O)(=O)N(CC(=O)N2CCN(c3ccccc3)CC2)c2ccc(F)cc2)cc1. The van der Waals surface area contributed by atoms with Crippen molar-refractivity contribution < 1.29 is 22.3 Å². The minimum absolute atomic E-state index is 0.0203. The van der Waals surface area contributed by atoms with Crippen molar-refractivity contribution in [1.82, 2.24) is 4.90 Å². The van der Waals surface area contributed by atoms with E-state index in [0.29, 0.717) is 38.5 Å². The number of sulfonamides is 1. The van der Waals surface area contributed by atoms with Crippen molar-refractivity contribution in [3.8, 4) is 5.75 Å². The molecule has 1 aliphatic heterocycles. The van der Waals surface area contributed by atoms with Gasteiger partial charge in [0.1, 0.15) is 18.1 Å². The van der Waals surface area contributed by atoms with Gasteiger partial charge in [-0.2, -0.15) is 0 Å². The molecule has 0 unspecified atom stereocenters. The van der Waals surface area contributed by atoms with Crippen LogP contribution in [-0.4, -0.2) is 58.6 Å². The Balaban J connectivity index is 1.53. The second-order valence-electron chi connectivity index (χ2n) is 8.10. The van der Waals surface area contributed by atoms with E-state index in [4.69, 9.17) is 4.74 Å². The highest BCUT2D eigenvalue weighted by atomic mass is 32.2. The summed E-state index contributed by atoms with van der Waals surface area (Å²) in [6, 6.07) is 21.1. The molecular formula is C26H28FN3O4S. The lowest BCUT2D eigenvalue weighted by Crippen LogP contribution is -2.52. The van der Waals surface area contributed by atoms with Crippen LogP contribution in [0.25, 0.3) is 0 Å². The predicted octanol–water partition coefficient (Wildman–Crippen LogP) is 3.77. The molecule has 0 aromatic heterocycles. The summed E-state index contributed by atoms with van der Waals surface area (Å²) >= 11 is 0. The minimum atomic E-state index is -4.09. The number of amides is 1. The third kappa shape index (κ3) is 5.74. The molecule has 1 saturated heterocycles. The Labute approximate surface area is 205 Å². The fourth-order valence-electron chi connectivity index (χ4n) is 4.00. The maximum Gasteiger partial charge on any atom is 0.264 e. The average Bonchev–Trinajstić information content (AvgIpc) is 2.89. The van der Waals surface area contributed by atoms with Gasteiger partial charge in [-0.15, -0.1) is 0 Å². The van der Waals surface area contributed by atoms with Crippen LogP contribution in [0.2, 0.25) is 0 Å². The molecule has 0 bridgehead atoms. The Morgan fingerprint density at radius 2 is 1.54 bits per heavy atom. The van der Waals surface area contributed by atoms with E-state index >= 15 is 0 Å². The Bertz CT molecular complexity index is 1230. The lowest BCUT2D eigenvalue weighted by molar-refractivity contribution is -0.129. The maximum atomic E-state index is 13.6. The third-order valence-electron chi connectivity index (χ3n) is 5.87. The molecular weight excluding hydrogens is 469 g/mol. The first kappa shape index (κ1) is 24.5. The summed E-state index contributed by atoms with van der Waals surface area (Å²) in [7, 11) is -4.09. The summed E-state index contributed by atoms with van der Waals surface area (Å²) in [5.74, 6) is -0.251. The van der Waals surface area contributed by atoms with Crippen molar-refractivity contribution >= 4 is 27.3 Å². The highest BCUT2D eigenvalue weighted by Crippen LogP contribution is 2.26. The molecule has 0 saturated carbocycles. The van der Waals surface area contributed by atoms with Gasteiger partial charge in [-0.3, -0.25) is 9.10 Å². The lowest BCUT2D eigenvalue weighted by Gasteiger charge is -2.37. The van der Waals surface area contributed by atoms with E-state index < -0.39 is 15.8 Å². The highest BCUT2D eigenvalue weighted by Gasteiger charge is 2.30. The Kier molecular flexibility index (Phi) is 7.55. The molecule has 1 heterocycles. The fourth-order valence-corrected chi connectivity index (χ4v) is 5.41. The van der Waals surface area contributed by atoms with Gasteiger partial charge in [0, 0.05) is 31.9 Å². The number of nitrogens with zero attached hydrogens (tertiary/aromatic N) is 3. The summed E-state index contributed by atoms with van der Waals surface area (Å²) in [5.41, 5.74) is 1.31. The standard InChI is InChI=1S/C26H28FN3O4S/c1-2-34-24-12-14-25(15-13-24)35(32,33)30(23-10-8-21(27)9-11-23)20-26(31)29-18-16-28(17-19-29)22-6-4-3-5-7-22/h3-15H,2,16-20H2,1H3. The zero-order valence-electron chi connectivity index (χ0n) is 19.5. The van der Waals surface area contributed by atoms with Crippen LogP contribution in [0.15, 0.2) is 83.8 Å². The van der Waals surface area contributed by atoms with Gasteiger partial charge in [0.2, 0.25) is 5.91 Å². The fraction of sp³-hybridized carbons (Fsp3) is 0.269. The molecule has 7 nitrogen and oxygen atoms in total. The van der Waals surface area contributed by atoms with E-state index in [1.807, 2.05) is 37.3 Å². The van der Waals surface area contributed by atoms with Crippen LogP contribution in [0.5, 0.6) is 5.75 Å². The van der Waals surface area contributed by atoms with Crippen LogP contribution in [0.1, 0.15) is 6.92 Å². The smallest absolute Gasteiger partial charge is 0.264 e. The Morgan fingerprint density at radius 3 is 2.14 bits per heavy atom. The number of anilines is 2. The maximum absolute atomic E-state index is 13.6. The van der Waals surface area contributed by atoms with Gasteiger partial charge in [0.15, 0.2) is 0 Å². The molecule has 1 aliphatic rings. The molecule has 4 rings (SSSR count). The van der Waals surface area contributed by atoms with Crippen molar-refractivity contribution in [2.45, 2.75) is 11.8 Å². The van der Waals surface area contributed by atoms with Crippen LogP contribution in [0.3, 0.4) is 0 Å². The number of para-hydroxylation sites is 1. The summed E-state index contributed by atoms with van der Waals surface area (Å²) in [5, 5.41) is 0. The number of rotatable bonds is 8. The molecule has 0 radical (unpaired) electrons. The van der Waals surface area contributed by atoms with Crippen molar-refractivity contribution in [3.05, 3.63) is 84.7 Å². The van der Waals surface area contributed by atoms with Crippen LogP contribution in [0.4, 0.5) is 15.8 Å². The van der Waals surface area contributed by atoms with E-state index in [2.05, 4.69) is 4.90 Å². The van der Waals surface area contributed by atoms with Gasteiger partial charge in [0.25, 0.3) is 10.0 Å². The zero-order valence-corrected chi connectivity index (χ0v) is 20.3. The first-order chi connectivity index (χ1) is 16.9. The molecule has 3 aromatic carbocycles. The molecule has 184 valence electrons. The molecule has 0 spiro atoms. The first-order valence-corrected chi connectivity index (χ1v) is 12.9. The van der Waals surface area contributed by atoms with Gasteiger partial charge < -0.3 is 14.5 Å². The summed E-state index contributed by atoms with van der Waals surface area (Å²) in [4.78, 5) is 17.1. The number of hydrogen-bond donors (Lipinski definition) is 0. The average molecular weight is 498 g/mol. The molecule has 35 heavy (non-hydrogen) atoms. The molecule has 1 fully saturated rings. The van der Waals surface area contributed by atoms with Gasteiger partial charge in [-0.25, -0.2) is 12.8 Å². The molecule has 0 N–H and O–H groups in total. The van der Waals surface area contributed by atoms with Gasteiger partial charge in [-0.1, -0.05) is 18.2 Å². The van der Waals surface area contributed by atoms with Gasteiger partial charge in [0.05, 0.1) is 17.2 Å². The topological polar surface area (TPSA) is 70.2 Å². The lowest BCUT2D eigenvalue weighted by atomic mass is 10.2. The number of carbonyl (C=O) groups excluding carboxylic acids is 1. The van der Waals surface area contributed by atoms with Gasteiger partial charge in [-0.05, 0) is 67.6 Å². The largest absolute Gasteiger partial charge is 0.494 e. The van der Waals surface area contributed by atoms with Crippen molar-refractivity contribution in [3.63, 3.8) is 0 Å². The van der Waals surface area contributed by atoms with E-state index in [1.165, 1.54) is 36.4 Å². The van der Waals surface area contributed by atoms with Crippen molar-refractivity contribution in [1.29, 1.82) is 0 Å². The first-order valence-electron chi connectivity index (χ1n) is 11.5. The zero-order chi connectivity index (χ0) is 24.8. The second-order valence-corrected chi connectivity index (χ2v) is 9.96. The van der Waals surface area contributed by atoms with Crippen LogP contribution < -0.4 is 13.9 Å². The molecule has 0 atom stereocenters. The van der Waals surface area contributed by atoms with E-state index in [0.717, 1.165) is 9.99 Å². The van der Waals surface area contributed by atoms with Gasteiger partial charge >= 0.3 is 0 Å². The van der Waals surface area contributed by atoms with Crippen LogP contribution in [0, 0.1) is 5.82 Å². The third-order valence-corrected chi connectivity index (χ3v) is 7.66. The molecule has 3 aromatic rings. The van der Waals surface area contributed by atoms with Crippen molar-refractivity contribution in [2.24, 2.45) is 0 Å². The number of ether oxygens (including phenoxy) is 1. The molecule has 1 amide bonds. The number of halogens is 1. The Hall–Kier alpha value is -3.59. The number of hydrogen-bond acceptors (Lipinski definition) is 5. The highest BCUT2D eigenvalue weighted by molar-refractivity contribution is 7.92. The normalized spacial score (nSPS) is 14.0. The van der Waals surface area contributed by atoms with Crippen molar-refractivity contribution in [2.75, 3.05) is 48.5 Å². The molecule has 0 aliphatic carbocycles. The molecule has 9 heteroatoms. The second kappa shape index (κ2) is 10.8. The number of piperazine rings is 1. The number of benzene rings is 3. The van der Waals surface area contributed by atoms with Crippen LogP contribution in [-0.2, 0) is 14.8 Å². The van der Waals surface area contributed by atoms with E-state index in [-0.39, 0.29) is 23.0 Å². The number of carbonyl (C=O) groups is 1. The minimum Gasteiger partial charge on any atom is -0.494 e. The van der Waals surface area contributed by atoms with E-state index in [1.54, 1.807) is 17.0 Å². The van der Waals surface area contributed by atoms with E-state index in [9.17, 15) is 17.6 Å². The monoisotopic (exact) mass is 497 g/mol. The van der Waals surface area contributed by atoms with Crippen LogP contribution >= 0.6 is 0 Å². The summed E-state index contributed by atoms with van der Waals surface area (Å²) in [6.07, 6.45) is 0. The summed E-state index contributed by atoms with van der Waals surface area (Å²) < 4.78 is 47.1.